The minimum atomic E-state index is 0.741. The first kappa shape index (κ1) is 11.0. The monoisotopic (exact) mass is 200 g/mol. The molecule has 0 radical (unpaired) electrons. The number of allylic oxidation sites excluding steroid dienone is 7. The Morgan fingerprint density at radius 2 is 1.60 bits per heavy atom. The molecular formula is C13H12O2. The molecule has 0 aliphatic heterocycles. The minimum Gasteiger partial charge on any atom is -0.465 e. The molecule has 0 bridgehead atoms. The van der Waals surface area contributed by atoms with Crippen molar-refractivity contribution in [3.63, 3.8) is 0 Å². The number of carbonyl (C=O) groups is 1. The van der Waals surface area contributed by atoms with Gasteiger partial charge in [0.15, 0.2) is 0 Å². The van der Waals surface area contributed by atoms with Crippen LogP contribution in [0.2, 0.25) is 0 Å². The number of hydrogen-bond acceptors (Lipinski definition) is 2. The zero-order chi connectivity index (χ0) is 10.8. The van der Waals surface area contributed by atoms with Gasteiger partial charge in [-0.25, -0.2) is 0 Å². The van der Waals surface area contributed by atoms with Gasteiger partial charge in [0.05, 0.1) is 6.26 Å². The van der Waals surface area contributed by atoms with E-state index < -0.39 is 0 Å². The maximum atomic E-state index is 9.91. The van der Waals surface area contributed by atoms with E-state index in [0.29, 0.717) is 0 Å². The van der Waals surface area contributed by atoms with Crippen molar-refractivity contribution < 1.29 is 9.21 Å². The lowest BCUT2D eigenvalue weighted by Gasteiger charge is -1.79. The van der Waals surface area contributed by atoms with Gasteiger partial charge in [0.1, 0.15) is 12.0 Å². The average Bonchev–Trinajstić information content (AvgIpc) is 2.75. The van der Waals surface area contributed by atoms with Crippen LogP contribution in [0, 0.1) is 0 Å². The number of carbonyl (C=O) groups excluding carboxylic acids is 1. The van der Waals surface area contributed by atoms with Gasteiger partial charge >= 0.3 is 0 Å². The van der Waals surface area contributed by atoms with E-state index in [-0.39, 0.29) is 0 Å². The van der Waals surface area contributed by atoms with Crippen molar-refractivity contribution in [3.05, 3.63) is 66.7 Å². The molecule has 0 aliphatic rings. The van der Waals surface area contributed by atoms with Crippen molar-refractivity contribution in [3.8, 4) is 0 Å². The highest BCUT2D eigenvalue weighted by Gasteiger charge is 1.83. The van der Waals surface area contributed by atoms with Crippen LogP contribution in [-0.4, -0.2) is 6.29 Å². The van der Waals surface area contributed by atoms with E-state index in [4.69, 9.17) is 4.42 Å². The zero-order valence-corrected chi connectivity index (χ0v) is 8.24. The van der Waals surface area contributed by atoms with Crippen molar-refractivity contribution in [1.29, 1.82) is 0 Å². The van der Waals surface area contributed by atoms with Crippen molar-refractivity contribution in [2.45, 2.75) is 0 Å². The number of hydrogen-bond donors (Lipinski definition) is 0. The lowest BCUT2D eigenvalue weighted by atomic mass is 10.3. The molecule has 1 heterocycles. The summed E-state index contributed by atoms with van der Waals surface area (Å²) in [5.41, 5.74) is 0. The van der Waals surface area contributed by atoms with Gasteiger partial charge in [-0.2, -0.15) is 0 Å². The van der Waals surface area contributed by atoms with E-state index in [9.17, 15) is 4.79 Å². The van der Waals surface area contributed by atoms with E-state index in [2.05, 4.69) is 0 Å². The maximum absolute atomic E-state index is 9.91. The Bertz CT molecular complexity index is 379. The second-order valence-electron chi connectivity index (χ2n) is 2.67. The van der Waals surface area contributed by atoms with Gasteiger partial charge in [0.25, 0.3) is 0 Å². The number of furan rings is 1. The van der Waals surface area contributed by atoms with Crippen molar-refractivity contribution in [2.24, 2.45) is 0 Å². The van der Waals surface area contributed by atoms with Gasteiger partial charge in [-0.1, -0.05) is 36.5 Å². The summed E-state index contributed by atoms with van der Waals surface area (Å²) >= 11 is 0. The summed E-state index contributed by atoms with van der Waals surface area (Å²) in [6.45, 7) is 0. The molecule has 1 rings (SSSR count). The molecule has 1 aromatic heterocycles. The van der Waals surface area contributed by atoms with E-state index in [0.717, 1.165) is 12.0 Å². The lowest BCUT2D eigenvalue weighted by Crippen LogP contribution is -1.58. The Labute approximate surface area is 88.9 Å². The SMILES string of the molecule is O=CC=CC=CC=CC=Cc1ccco1. The molecule has 0 atom stereocenters. The third-order valence-corrected chi connectivity index (χ3v) is 1.55. The van der Waals surface area contributed by atoms with Crippen LogP contribution in [0.1, 0.15) is 5.76 Å². The Kier molecular flexibility index (Phi) is 5.37. The van der Waals surface area contributed by atoms with Crippen LogP contribution in [0.3, 0.4) is 0 Å². The summed E-state index contributed by atoms with van der Waals surface area (Å²) in [7, 11) is 0. The molecule has 0 aliphatic carbocycles. The third-order valence-electron chi connectivity index (χ3n) is 1.55. The van der Waals surface area contributed by atoms with Gasteiger partial charge in [-0.05, 0) is 24.3 Å². The zero-order valence-electron chi connectivity index (χ0n) is 8.24. The van der Waals surface area contributed by atoms with Crippen LogP contribution in [0.15, 0.2) is 65.3 Å². The smallest absolute Gasteiger partial charge is 0.142 e. The van der Waals surface area contributed by atoms with Gasteiger partial charge in [0.2, 0.25) is 0 Å². The molecule has 76 valence electrons. The second-order valence-corrected chi connectivity index (χ2v) is 2.67. The summed E-state index contributed by atoms with van der Waals surface area (Å²) < 4.78 is 5.10. The molecule has 0 saturated heterocycles. The molecule has 0 saturated carbocycles. The molecule has 2 nitrogen and oxygen atoms in total. The van der Waals surface area contributed by atoms with Crippen LogP contribution in [-0.2, 0) is 4.79 Å². The average molecular weight is 200 g/mol. The quantitative estimate of drug-likeness (QED) is 0.415. The largest absolute Gasteiger partial charge is 0.465 e. The normalized spacial score (nSPS) is 12.5. The van der Waals surface area contributed by atoms with Crippen LogP contribution < -0.4 is 0 Å². The van der Waals surface area contributed by atoms with Crippen molar-refractivity contribution in [2.75, 3.05) is 0 Å². The topological polar surface area (TPSA) is 30.2 Å². The molecular weight excluding hydrogens is 188 g/mol. The molecule has 1 aromatic rings. The summed E-state index contributed by atoms with van der Waals surface area (Å²) in [4.78, 5) is 9.91. The molecule has 0 amide bonds. The summed E-state index contributed by atoms with van der Waals surface area (Å²) in [5, 5.41) is 0. The summed E-state index contributed by atoms with van der Waals surface area (Å²) in [5.74, 6) is 0.824. The Morgan fingerprint density at radius 3 is 2.20 bits per heavy atom. The van der Waals surface area contributed by atoms with Crippen LogP contribution in [0.5, 0.6) is 0 Å². The molecule has 0 unspecified atom stereocenters. The summed E-state index contributed by atoms with van der Waals surface area (Å²) in [6.07, 6.45) is 16.6. The van der Waals surface area contributed by atoms with E-state index >= 15 is 0 Å². The van der Waals surface area contributed by atoms with Crippen molar-refractivity contribution in [1.82, 2.24) is 0 Å². The molecule has 0 N–H and O–H groups in total. The Morgan fingerprint density at radius 1 is 0.933 bits per heavy atom. The third kappa shape index (κ3) is 5.26. The Balaban J connectivity index is 2.30. The van der Waals surface area contributed by atoms with Gasteiger partial charge < -0.3 is 4.42 Å². The molecule has 2 heteroatoms. The molecule has 15 heavy (non-hydrogen) atoms. The van der Waals surface area contributed by atoms with E-state index in [1.54, 1.807) is 18.4 Å². The molecule has 0 aromatic carbocycles. The second kappa shape index (κ2) is 7.33. The highest BCUT2D eigenvalue weighted by Crippen LogP contribution is 2.01. The van der Waals surface area contributed by atoms with Gasteiger partial charge in [-0.3, -0.25) is 4.79 Å². The Hall–Kier alpha value is -2.09. The standard InChI is InChI=1S/C13H12O2/c14-11-7-5-3-1-2-4-6-9-13-10-8-12-15-13/h1-12H. The van der Waals surface area contributed by atoms with Crippen LogP contribution in [0.4, 0.5) is 0 Å². The molecule has 0 spiro atoms. The van der Waals surface area contributed by atoms with Crippen LogP contribution >= 0.6 is 0 Å². The van der Waals surface area contributed by atoms with Gasteiger partial charge in [-0.15, -0.1) is 0 Å². The van der Waals surface area contributed by atoms with Crippen molar-refractivity contribution >= 4 is 12.4 Å². The number of aldehydes is 1. The first-order valence-electron chi connectivity index (χ1n) is 4.59. The number of rotatable bonds is 5. The predicted molar refractivity (Wildman–Crippen MR) is 61.2 cm³/mol. The molecule has 0 fully saturated rings. The first-order chi connectivity index (χ1) is 7.43. The summed E-state index contributed by atoms with van der Waals surface area (Å²) in [6, 6.07) is 3.72. The predicted octanol–water partition coefficient (Wildman–Crippen LogP) is 3.16. The van der Waals surface area contributed by atoms with Gasteiger partial charge in [0, 0.05) is 0 Å². The maximum Gasteiger partial charge on any atom is 0.142 e. The fraction of sp³-hybridized carbons (Fsp3) is 0. The van der Waals surface area contributed by atoms with E-state index in [1.807, 2.05) is 42.5 Å². The first-order valence-corrected chi connectivity index (χ1v) is 4.59. The van der Waals surface area contributed by atoms with Crippen LogP contribution in [0.25, 0.3) is 6.08 Å². The lowest BCUT2D eigenvalue weighted by molar-refractivity contribution is -0.104. The highest BCUT2D eigenvalue weighted by molar-refractivity contribution is 5.65. The van der Waals surface area contributed by atoms with E-state index in [1.165, 1.54) is 6.08 Å². The fourth-order valence-corrected chi connectivity index (χ4v) is 0.903. The highest BCUT2D eigenvalue weighted by atomic mass is 16.3. The minimum absolute atomic E-state index is 0.741. The fourth-order valence-electron chi connectivity index (χ4n) is 0.903.